The van der Waals surface area contributed by atoms with Crippen molar-refractivity contribution in [2.45, 2.75) is 31.7 Å². The van der Waals surface area contributed by atoms with Crippen molar-refractivity contribution in [2.24, 2.45) is 0 Å². The second kappa shape index (κ2) is 6.21. The highest BCUT2D eigenvalue weighted by Crippen LogP contribution is 2.28. The largest absolute Gasteiger partial charge is 0.394 e. The fourth-order valence-electron chi connectivity index (χ4n) is 2.36. The van der Waals surface area contributed by atoms with Gasteiger partial charge >= 0.3 is 0 Å². The van der Waals surface area contributed by atoms with Gasteiger partial charge in [-0.25, -0.2) is 4.98 Å². The van der Waals surface area contributed by atoms with Crippen LogP contribution in [0.1, 0.15) is 35.4 Å². The van der Waals surface area contributed by atoms with Gasteiger partial charge in [0.25, 0.3) is 5.91 Å². The van der Waals surface area contributed by atoms with E-state index in [0.29, 0.717) is 16.6 Å². The number of aliphatic hydroxyl groups is 1. The summed E-state index contributed by atoms with van der Waals surface area (Å²) >= 11 is 1.26. The van der Waals surface area contributed by atoms with E-state index in [4.69, 9.17) is 5.73 Å². The van der Waals surface area contributed by atoms with Gasteiger partial charge in [-0.3, -0.25) is 4.79 Å². The average molecular weight is 284 g/mol. The highest BCUT2D eigenvalue weighted by Gasteiger charge is 2.28. The Balaban J connectivity index is 2.22. The summed E-state index contributed by atoms with van der Waals surface area (Å²) in [6.45, 7) is 0.680. The van der Waals surface area contributed by atoms with Crippen LogP contribution in [0.2, 0.25) is 0 Å². The molecule has 0 saturated carbocycles. The van der Waals surface area contributed by atoms with E-state index in [-0.39, 0.29) is 24.4 Å². The average Bonchev–Trinajstić information content (AvgIpc) is 2.64. The third-order valence-electron chi connectivity index (χ3n) is 3.41. The molecule has 19 heavy (non-hydrogen) atoms. The normalized spacial score (nSPS) is 20.1. The number of rotatable bonds is 3. The number of nitrogens with two attached hydrogens (primary N) is 1. The number of aliphatic hydroxyl groups excluding tert-OH is 1. The lowest BCUT2D eigenvalue weighted by Crippen LogP contribution is -2.42. The lowest BCUT2D eigenvalue weighted by molar-refractivity contribution is 0.0605. The van der Waals surface area contributed by atoms with Crippen LogP contribution in [-0.2, 0) is 0 Å². The van der Waals surface area contributed by atoms with Crippen molar-refractivity contribution < 1.29 is 9.90 Å². The van der Waals surface area contributed by atoms with Crippen molar-refractivity contribution in [1.29, 1.82) is 0 Å². The Morgan fingerprint density at radius 3 is 3.00 bits per heavy atom. The van der Waals surface area contributed by atoms with Crippen molar-refractivity contribution >= 4 is 28.2 Å². The van der Waals surface area contributed by atoms with Crippen LogP contribution in [0.4, 0.5) is 10.9 Å². The maximum atomic E-state index is 12.5. The molecule has 1 saturated heterocycles. The SMILES string of the molecule is CNc1nc(N)c(C(=O)N2CCCCCC2CO)s1. The molecule has 0 aliphatic carbocycles. The first kappa shape index (κ1) is 14.1. The summed E-state index contributed by atoms with van der Waals surface area (Å²) in [5.41, 5.74) is 5.80. The predicted molar refractivity (Wildman–Crippen MR) is 76.5 cm³/mol. The first-order chi connectivity index (χ1) is 9.17. The molecular formula is C12H20N4O2S. The van der Waals surface area contributed by atoms with Gasteiger partial charge in [0.15, 0.2) is 5.13 Å². The van der Waals surface area contributed by atoms with Crippen LogP contribution in [0, 0.1) is 0 Å². The Bertz CT molecular complexity index is 449. The third-order valence-corrected chi connectivity index (χ3v) is 4.49. The minimum absolute atomic E-state index is 0.00331. The van der Waals surface area contributed by atoms with Gasteiger partial charge in [0.1, 0.15) is 10.7 Å². The topological polar surface area (TPSA) is 91.5 Å². The maximum absolute atomic E-state index is 12.5. The molecule has 1 amide bonds. The van der Waals surface area contributed by atoms with Crippen LogP contribution < -0.4 is 11.1 Å². The number of carbonyl (C=O) groups excluding carboxylic acids is 1. The summed E-state index contributed by atoms with van der Waals surface area (Å²) in [5, 5.41) is 13.0. The molecule has 1 aromatic rings. The summed E-state index contributed by atoms with van der Waals surface area (Å²) in [7, 11) is 1.75. The van der Waals surface area contributed by atoms with Crippen LogP contribution in [0.25, 0.3) is 0 Å². The Hall–Kier alpha value is -1.34. The van der Waals surface area contributed by atoms with E-state index in [1.165, 1.54) is 11.3 Å². The van der Waals surface area contributed by atoms with E-state index in [9.17, 15) is 9.90 Å². The molecule has 0 spiro atoms. The Kier molecular flexibility index (Phi) is 4.60. The highest BCUT2D eigenvalue weighted by atomic mass is 32.1. The van der Waals surface area contributed by atoms with Gasteiger partial charge in [-0.2, -0.15) is 0 Å². The molecular weight excluding hydrogens is 264 g/mol. The second-order valence-corrected chi connectivity index (χ2v) is 5.67. The van der Waals surface area contributed by atoms with E-state index in [0.717, 1.165) is 25.7 Å². The van der Waals surface area contributed by atoms with Gasteiger partial charge in [-0.15, -0.1) is 0 Å². The molecule has 0 radical (unpaired) electrons. The number of nitrogen functional groups attached to an aromatic ring is 1. The lowest BCUT2D eigenvalue weighted by atomic mass is 10.1. The number of amides is 1. The number of likely N-dealkylation sites (tertiary alicyclic amines) is 1. The minimum atomic E-state index is -0.113. The molecule has 1 aliphatic rings. The molecule has 4 N–H and O–H groups in total. The molecule has 6 nitrogen and oxygen atoms in total. The maximum Gasteiger partial charge on any atom is 0.268 e. The standard InChI is InChI=1S/C12H20N4O2S/c1-14-12-15-10(13)9(19-12)11(18)16-6-4-2-3-5-8(16)7-17/h8,17H,2-7,13H2,1H3,(H,14,15). The van der Waals surface area contributed by atoms with Gasteiger partial charge in [-0.1, -0.05) is 24.2 Å². The smallest absolute Gasteiger partial charge is 0.268 e. The van der Waals surface area contributed by atoms with Crippen LogP contribution in [-0.4, -0.2) is 47.1 Å². The number of nitrogens with one attached hydrogen (secondary N) is 1. The number of anilines is 2. The molecule has 2 rings (SSSR count). The van der Waals surface area contributed by atoms with E-state index in [1.54, 1.807) is 11.9 Å². The fourth-order valence-corrected chi connectivity index (χ4v) is 3.15. The molecule has 1 aliphatic heterocycles. The van der Waals surface area contributed by atoms with Crippen LogP contribution in [0.5, 0.6) is 0 Å². The van der Waals surface area contributed by atoms with E-state index in [1.807, 2.05) is 0 Å². The minimum Gasteiger partial charge on any atom is -0.394 e. The quantitative estimate of drug-likeness (QED) is 0.774. The molecule has 106 valence electrons. The summed E-state index contributed by atoms with van der Waals surface area (Å²) in [6, 6.07) is -0.102. The van der Waals surface area contributed by atoms with Gasteiger partial charge in [0.05, 0.1) is 12.6 Å². The second-order valence-electron chi connectivity index (χ2n) is 4.67. The van der Waals surface area contributed by atoms with Crippen LogP contribution >= 0.6 is 11.3 Å². The van der Waals surface area contributed by atoms with Crippen LogP contribution in [0.15, 0.2) is 0 Å². The predicted octanol–water partition coefficient (Wildman–Crippen LogP) is 1.14. The molecule has 1 fully saturated rings. The molecule has 1 aromatic heterocycles. The number of thiazole rings is 1. The first-order valence-electron chi connectivity index (χ1n) is 6.53. The Morgan fingerprint density at radius 1 is 1.58 bits per heavy atom. The summed E-state index contributed by atoms with van der Waals surface area (Å²) < 4.78 is 0. The number of carbonyl (C=O) groups is 1. The van der Waals surface area contributed by atoms with E-state index < -0.39 is 0 Å². The van der Waals surface area contributed by atoms with Crippen molar-refractivity contribution in [1.82, 2.24) is 9.88 Å². The van der Waals surface area contributed by atoms with Crippen molar-refractivity contribution in [3.8, 4) is 0 Å². The third kappa shape index (κ3) is 2.98. The molecule has 0 aromatic carbocycles. The zero-order chi connectivity index (χ0) is 13.8. The lowest BCUT2D eigenvalue weighted by Gasteiger charge is -2.28. The van der Waals surface area contributed by atoms with E-state index in [2.05, 4.69) is 10.3 Å². The fraction of sp³-hybridized carbons (Fsp3) is 0.667. The monoisotopic (exact) mass is 284 g/mol. The number of nitrogens with zero attached hydrogens (tertiary/aromatic N) is 2. The van der Waals surface area contributed by atoms with Gasteiger partial charge in [0.2, 0.25) is 0 Å². The van der Waals surface area contributed by atoms with Crippen molar-refractivity contribution in [3.63, 3.8) is 0 Å². The molecule has 0 bridgehead atoms. The number of hydrogen-bond donors (Lipinski definition) is 3. The summed E-state index contributed by atoms with van der Waals surface area (Å²) in [4.78, 5) is 18.9. The number of hydrogen-bond acceptors (Lipinski definition) is 6. The van der Waals surface area contributed by atoms with Gasteiger partial charge in [-0.05, 0) is 12.8 Å². The highest BCUT2D eigenvalue weighted by molar-refractivity contribution is 7.18. The summed E-state index contributed by atoms with van der Waals surface area (Å²) in [5.74, 6) is 0.151. The zero-order valence-electron chi connectivity index (χ0n) is 11.1. The molecule has 1 atom stereocenters. The van der Waals surface area contributed by atoms with Gasteiger partial charge < -0.3 is 21.1 Å². The van der Waals surface area contributed by atoms with E-state index >= 15 is 0 Å². The Morgan fingerprint density at radius 2 is 2.37 bits per heavy atom. The van der Waals surface area contributed by atoms with Crippen molar-refractivity contribution in [2.75, 3.05) is 31.2 Å². The molecule has 2 heterocycles. The molecule has 7 heteroatoms. The Labute approximate surface area is 116 Å². The van der Waals surface area contributed by atoms with Crippen LogP contribution in [0.3, 0.4) is 0 Å². The van der Waals surface area contributed by atoms with Crippen molar-refractivity contribution in [3.05, 3.63) is 4.88 Å². The summed E-state index contributed by atoms with van der Waals surface area (Å²) in [6.07, 6.45) is 3.97. The zero-order valence-corrected chi connectivity index (χ0v) is 11.9. The molecule has 1 unspecified atom stereocenters. The first-order valence-corrected chi connectivity index (χ1v) is 7.35. The number of aromatic nitrogens is 1. The van der Waals surface area contributed by atoms with Gasteiger partial charge in [0, 0.05) is 13.6 Å².